The average Bonchev–Trinajstić information content (AvgIpc) is 2.72. The van der Waals surface area contributed by atoms with Gasteiger partial charge in [0.15, 0.2) is 0 Å². The average molecular weight is 389 g/mol. The minimum absolute atomic E-state index is 0.0297. The largest absolute Gasteiger partial charge is 0.496 e. The fraction of sp³-hybridized carbons (Fsp3) is 0.240. The standard InChI is InChI=1S/C25H27NO3/c1-25(2,3)21-12-8-9-13-23(21)29-17-19-16-18(14-15-22(19)28-4)24(27)26-20-10-6-5-7-11-20/h5-16H,17H2,1-4H3,(H,26,27). The van der Waals surface area contributed by atoms with E-state index in [-0.39, 0.29) is 11.3 Å². The maximum Gasteiger partial charge on any atom is 0.255 e. The zero-order valence-electron chi connectivity index (χ0n) is 17.4. The number of nitrogens with one attached hydrogen (secondary N) is 1. The normalized spacial score (nSPS) is 11.0. The number of carbonyl (C=O) groups excluding carboxylic acids is 1. The minimum atomic E-state index is -0.171. The summed E-state index contributed by atoms with van der Waals surface area (Å²) < 4.78 is 11.6. The number of methoxy groups -OCH3 is 1. The lowest BCUT2D eigenvalue weighted by molar-refractivity contribution is 0.102. The van der Waals surface area contributed by atoms with E-state index in [2.05, 4.69) is 32.2 Å². The number of para-hydroxylation sites is 2. The summed E-state index contributed by atoms with van der Waals surface area (Å²) in [4.78, 5) is 12.6. The molecule has 0 heterocycles. The Morgan fingerprint density at radius 1 is 0.897 bits per heavy atom. The van der Waals surface area contributed by atoms with Gasteiger partial charge in [0.05, 0.1) is 7.11 Å². The zero-order valence-corrected chi connectivity index (χ0v) is 17.4. The number of amides is 1. The third-order valence-corrected chi connectivity index (χ3v) is 4.65. The quantitative estimate of drug-likeness (QED) is 0.577. The van der Waals surface area contributed by atoms with Gasteiger partial charge in [-0.2, -0.15) is 0 Å². The van der Waals surface area contributed by atoms with Crippen LogP contribution in [-0.4, -0.2) is 13.0 Å². The van der Waals surface area contributed by atoms with Crippen molar-refractivity contribution in [2.24, 2.45) is 0 Å². The van der Waals surface area contributed by atoms with Gasteiger partial charge in [0.2, 0.25) is 0 Å². The van der Waals surface area contributed by atoms with Gasteiger partial charge in [-0.25, -0.2) is 0 Å². The van der Waals surface area contributed by atoms with E-state index in [1.807, 2.05) is 54.6 Å². The van der Waals surface area contributed by atoms with E-state index in [0.29, 0.717) is 17.9 Å². The second kappa shape index (κ2) is 8.82. The number of anilines is 1. The summed E-state index contributed by atoms with van der Waals surface area (Å²) in [7, 11) is 1.62. The number of carbonyl (C=O) groups is 1. The molecule has 3 aromatic carbocycles. The molecule has 0 bridgehead atoms. The maximum atomic E-state index is 12.6. The molecule has 0 atom stereocenters. The predicted molar refractivity (Wildman–Crippen MR) is 117 cm³/mol. The number of hydrogen-bond donors (Lipinski definition) is 1. The fourth-order valence-corrected chi connectivity index (χ4v) is 3.12. The van der Waals surface area contributed by atoms with Gasteiger partial charge < -0.3 is 14.8 Å². The first-order valence-electron chi connectivity index (χ1n) is 9.64. The van der Waals surface area contributed by atoms with Crippen LogP contribution < -0.4 is 14.8 Å². The predicted octanol–water partition coefficient (Wildman–Crippen LogP) is 5.82. The Kier molecular flexibility index (Phi) is 6.23. The summed E-state index contributed by atoms with van der Waals surface area (Å²) in [6.45, 7) is 6.78. The highest BCUT2D eigenvalue weighted by Gasteiger charge is 2.19. The molecule has 4 heteroatoms. The first kappa shape index (κ1) is 20.5. The number of hydrogen-bond acceptors (Lipinski definition) is 3. The molecule has 0 unspecified atom stereocenters. The topological polar surface area (TPSA) is 47.6 Å². The Hall–Kier alpha value is -3.27. The molecule has 29 heavy (non-hydrogen) atoms. The highest BCUT2D eigenvalue weighted by atomic mass is 16.5. The van der Waals surface area contributed by atoms with Crippen molar-refractivity contribution in [2.75, 3.05) is 12.4 Å². The molecule has 0 fully saturated rings. The summed E-state index contributed by atoms with van der Waals surface area (Å²) in [6.07, 6.45) is 0. The first-order chi connectivity index (χ1) is 13.9. The molecule has 0 saturated carbocycles. The molecule has 1 amide bonds. The van der Waals surface area contributed by atoms with Gasteiger partial charge in [0, 0.05) is 16.8 Å². The summed E-state index contributed by atoms with van der Waals surface area (Å²) >= 11 is 0. The molecule has 0 aromatic heterocycles. The summed E-state index contributed by atoms with van der Waals surface area (Å²) in [5.41, 5.74) is 3.23. The Bertz CT molecular complexity index is 975. The van der Waals surface area contributed by atoms with Crippen LogP contribution in [-0.2, 0) is 12.0 Å². The van der Waals surface area contributed by atoms with E-state index < -0.39 is 0 Å². The highest BCUT2D eigenvalue weighted by molar-refractivity contribution is 6.04. The van der Waals surface area contributed by atoms with E-state index in [1.54, 1.807) is 19.2 Å². The van der Waals surface area contributed by atoms with Gasteiger partial charge in [-0.15, -0.1) is 0 Å². The van der Waals surface area contributed by atoms with E-state index in [0.717, 1.165) is 22.6 Å². The molecule has 150 valence electrons. The van der Waals surface area contributed by atoms with Crippen molar-refractivity contribution in [3.05, 3.63) is 89.5 Å². The van der Waals surface area contributed by atoms with Crippen LogP contribution >= 0.6 is 0 Å². The number of benzene rings is 3. The molecule has 0 spiro atoms. The third kappa shape index (κ3) is 5.17. The van der Waals surface area contributed by atoms with Crippen molar-refractivity contribution in [2.45, 2.75) is 32.8 Å². The smallest absolute Gasteiger partial charge is 0.255 e. The molecule has 0 aliphatic heterocycles. The second-order valence-corrected chi connectivity index (χ2v) is 7.88. The first-order valence-corrected chi connectivity index (χ1v) is 9.64. The summed E-state index contributed by atoms with van der Waals surface area (Å²) in [5, 5.41) is 2.91. The van der Waals surface area contributed by atoms with Crippen LogP contribution in [0.3, 0.4) is 0 Å². The van der Waals surface area contributed by atoms with Crippen LogP contribution in [0.1, 0.15) is 42.3 Å². The van der Waals surface area contributed by atoms with Crippen LogP contribution in [0.2, 0.25) is 0 Å². The van der Waals surface area contributed by atoms with Gasteiger partial charge in [-0.05, 0) is 47.4 Å². The lowest BCUT2D eigenvalue weighted by Crippen LogP contribution is -2.14. The fourth-order valence-electron chi connectivity index (χ4n) is 3.12. The van der Waals surface area contributed by atoms with Crippen molar-refractivity contribution in [1.29, 1.82) is 0 Å². The van der Waals surface area contributed by atoms with Crippen molar-refractivity contribution < 1.29 is 14.3 Å². The minimum Gasteiger partial charge on any atom is -0.496 e. The maximum absolute atomic E-state index is 12.6. The number of rotatable bonds is 6. The second-order valence-electron chi connectivity index (χ2n) is 7.88. The zero-order chi connectivity index (χ0) is 20.9. The Balaban J connectivity index is 1.81. The van der Waals surface area contributed by atoms with Crippen LogP contribution in [0.5, 0.6) is 11.5 Å². The van der Waals surface area contributed by atoms with E-state index in [1.165, 1.54) is 0 Å². The van der Waals surface area contributed by atoms with E-state index in [4.69, 9.17) is 9.47 Å². The molecule has 3 rings (SSSR count). The third-order valence-electron chi connectivity index (χ3n) is 4.65. The summed E-state index contributed by atoms with van der Waals surface area (Å²) in [5.74, 6) is 1.35. The molecular weight excluding hydrogens is 362 g/mol. The van der Waals surface area contributed by atoms with Crippen LogP contribution in [0.4, 0.5) is 5.69 Å². The van der Waals surface area contributed by atoms with Gasteiger partial charge >= 0.3 is 0 Å². The molecule has 0 aliphatic rings. The monoisotopic (exact) mass is 389 g/mol. The van der Waals surface area contributed by atoms with Gasteiger partial charge in [-0.3, -0.25) is 4.79 Å². The Labute approximate surface area is 172 Å². The SMILES string of the molecule is COc1ccc(C(=O)Nc2ccccc2)cc1COc1ccccc1C(C)(C)C. The van der Waals surface area contributed by atoms with Gasteiger partial charge in [0.25, 0.3) is 5.91 Å². The van der Waals surface area contributed by atoms with Gasteiger partial charge in [-0.1, -0.05) is 57.2 Å². The number of ether oxygens (including phenoxy) is 2. The molecule has 0 aliphatic carbocycles. The van der Waals surface area contributed by atoms with Crippen molar-refractivity contribution >= 4 is 11.6 Å². The van der Waals surface area contributed by atoms with Crippen molar-refractivity contribution in [3.8, 4) is 11.5 Å². The molecular formula is C25H27NO3. The van der Waals surface area contributed by atoms with Crippen LogP contribution in [0, 0.1) is 0 Å². The van der Waals surface area contributed by atoms with Gasteiger partial charge in [0.1, 0.15) is 18.1 Å². The van der Waals surface area contributed by atoms with E-state index >= 15 is 0 Å². The summed E-state index contributed by atoms with van der Waals surface area (Å²) in [6, 6.07) is 22.8. The van der Waals surface area contributed by atoms with Crippen molar-refractivity contribution in [3.63, 3.8) is 0 Å². The lowest BCUT2D eigenvalue weighted by Gasteiger charge is -2.23. The molecule has 4 nitrogen and oxygen atoms in total. The molecule has 3 aromatic rings. The van der Waals surface area contributed by atoms with Crippen LogP contribution in [0.15, 0.2) is 72.8 Å². The highest BCUT2D eigenvalue weighted by Crippen LogP contribution is 2.32. The van der Waals surface area contributed by atoms with E-state index in [9.17, 15) is 4.79 Å². The van der Waals surface area contributed by atoms with Crippen LogP contribution in [0.25, 0.3) is 0 Å². The van der Waals surface area contributed by atoms with Crippen molar-refractivity contribution in [1.82, 2.24) is 0 Å². The molecule has 0 radical (unpaired) electrons. The lowest BCUT2D eigenvalue weighted by atomic mass is 9.86. The Morgan fingerprint density at radius 3 is 2.28 bits per heavy atom. The Morgan fingerprint density at radius 2 is 1.59 bits per heavy atom. The molecule has 1 N–H and O–H groups in total. The molecule has 0 saturated heterocycles.